The Bertz CT molecular complexity index is 526. The SMILES string of the molecule is O=C1CC2(CCCC2)CC(=O)N1c1cccc(CO)c1. The van der Waals surface area contributed by atoms with E-state index in [4.69, 9.17) is 0 Å². The molecule has 2 fully saturated rings. The molecule has 0 aromatic heterocycles. The molecule has 1 aliphatic heterocycles. The van der Waals surface area contributed by atoms with Crippen LogP contribution in [0.25, 0.3) is 0 Å². The number of hydrogen-bond donors (Lipinski definition) is 1. The molecule has 0 unspecified atom stereocenters. The van der Waals surface area contributed by atoms with Crippen molar-refractivity contribution in [2.75, 3.05) is 4.90 Å². The van der Waals surface area contributed by atoms with E-state index in [9.17, 15) is 14.7 Å². The lowest BCUT2D eigenvalue weighted by Crippen LogP contribution is -2.47. The zero-order valence-electron chi connectivity index (χ0n) is 11.5. The molecule has 1 aromatic carbocycles. The van der Waals surface area contributed by atoms with Gasteiger partial charge in [-0.3, -0.25) is 14.5 Å². The van der Waals surface area contributed by atoms with E-state index >= 15 is 0 Å². The van der Waals surface area contributed by atoms with Crippen molar-refractivity contribution in [3.63, 3.8) is 0 Å². The van der Waals surface area contributed by atoms with E-state index in [-0.39, 0.29) is 23.8 Å². The summed E-state index contributed by atoms with van der Waals surface area (Å²) in [6.45, 7) is -0.0893. The molecular weight excluding hydrogens is 254 g/mol. The quantitative estimate of drug-likeness (QED) is 0.842. The van der Waals surface area contributed by atoms with Gasteiger partial charge < -0.3 is 5.11 Å². The molecule has 1 aliphatic carbocycles. The number of amides is 2. The van der Waals surface area contributed by atoms with Crippen LogP contribution >= 0.6 is 0 Å². The van der Waals surface area contributed by atoms with Crippen molar-refractivity contribution in [2.45, 2.75) is 45.1 Å². The van der Waals surface area contributed by atoms with E-state index in [2.05, 4.69) is 0 Å². The number of aliphatic hydroxyl groups is 1. The Morgan fingerprint density at radius 3 is 2.35 bits per heavy atom. The van der Waals surface area contributed by atoms with Gasteiger partial charge in [-0.15, -0.1) is 0 Å². The summed E-state index contributed by atoms with van der Waals surface area (Å²) in [7, 11) is 0. The van der Waals surface area contributed by atoms with E-state index in [0.717, 1.165) is 25.7 Å². The first-order valence-corrected chi connectivity index (χ1v) is 7.19. The maximum absolute atomic E-state index is 12.4. The number of rotatable bonds is 2. The normalized spacial score (nSPS) is 21.8. The molecule has 4 heteroatoms. The number of nitrogens with zero attached hydrogens (tertiary/aromatic N) is 1. The fourth-order valence-electron chi connectivity index (χ4n) is 3.56. The summed E-state index contributed by atoms with van der Waals surface area (Å²) < 4.78 is 0. The van der Waals surface area contributed by atoms with Gasteiger partial charge in [0.15, 0.2) is 0 Å². The van der Waals surface area contributed by atoms with Crippen molar-refractivity contribution < 1.29 is 14.7 Å². The van der Waals surface area contributed by atoms with Gasteiger partial charge >= 0.3 is 0 Å². The van der Waals surface area contributed by atoms with Crippen LogP contribution in [-0.2, 0) is 16.2 Å². The first-order valence-electron chi connectivity index (χ1n) is 7.19. The molecule has 1 saturated heterocycles. The highest BCUT2D eigenvalue weighted by Gasteiger charge is 2.45. The van der Waals surface area contributed by atoms with Crippen LogP contribution in [-0.4, -0.2) is 16.9 Å². The van der Waals surface area contributed by atoms with E-state index in [1.807, 2.05) is 0 Å². The van der Waals surface area contributed by atoms with Crippen LogP contribution in [0.4, 0.5) is 5.69 Å². The summed E-state index contributed by atoms with van der Waals surface area (Å²) in [5.41, 5.74) is 1.22. The molecular formula is C16H19NO3. The molecule has 1 aromatic rings. The van der Waals surface area contributed by atoms with Crippen molar-refractivity contribution in [3.05, 3.63) is 29.8 Å². The highest BCUT2D eigenvalue weighted by molar-refractivity contribution is 6.17. The number of anilines is 1. The van der Waals surface area contributed by atoms with Crippen molar-refractivity contribution in [1.29, 1.82) is 0 Å². The maximum Gasteiger partial charge on any atom is 0.234 e. The molecule has 3 rings (SSSR count). The highest BCUT2D eigenvalue weighted by atomic mass is 16.3. The second-order valence-electron chi connectivity index (χ2n) is 6.01. The molecule has 1 heterocycles. The molecule has 2 amide bonds. The van der Waals surface area contributed by atoms with Crippen LogP contribution < -0.4 is 4.90 Å². The zero-order valence-corrected chi connectivity index (χ0v) is 11.5. The first kappa shape index (κ1) is 13.3. The first-order chi connectivity index (χ1) is 9.63. The number of carbonyl (C=O) groups is 2. The summed E-state index contributed by atoms with van der Waals surface area (Å²) in [6, 6.07) is 7.01. The van der Waals surface area contributed by atoms with Gasteiger partial charge in [0.05, 0.1) is 12.3 Å². The lowest BCUT2D eigenvalue weighted by atomic mass is 9.76. The van der Waals surface area contributed by atoms with Crippen molar-refractivity contribution in [2.24, 2.45) is 5.41 Å². The van der Waals surface area contributed by atoms with Crippen molar-refractivity contribution in [1.82, 2.24) is 0 Å². The molecule has 1 saturated carbocycles. The summed E-state index contributed by atoms with van der Waals surface area (Å²) >= 11 is 0. The minimum absolute atomic E-state index is 0.0702. The maximum atomic E-state index is 12.4. The van der Waals surface area contributed by atoms with Gasteiger partial charge in [-0.25, -0.2) is 0 Å². The standard InChI is InChI=1S/C16H19NO3/c18-11-12-4-3-5-13(8-12)17-14(19)9-16(10-15(17)20)6-1-2-7-16/h3-5,8,18H,1-2,6-7,9-11H2. The molecule has 0 bridgehead atoms. The van der Waals surface area contributed by atoms with Gasteiger partial charge in [-0.1, -0.05) is 25.0 Å². The van der Waals surface area contributed by atoms with Gasteiger partial charge in [-0.05, 0) is 36.0 Å². The Hall–Kier alpha value is -1.68. The molecule has 1 spiro atoms. The monoisotopic (exact) mass is 273 g/mol. The third-order valence-electron chi connectivity index (χ3n) is 4.57. The number of hydrogen-bond acceptors (Lipinski definition) is 3. The fraction of sp³-hybridized carbons (Fsp3) is 0.500. The van der Waals surface area contributed by atoms with E-state index in [1.165, 1.54) is 4.90 Å². The molecule has 4 nitrogen and oxygen atoms in total. The number of benzene rings is 1. The minimum Gasteiger partial charge on any atom is -0.392 e. The van der Waals surface area contributed by atoms with Crippen LogP contribution in [0, 0.1) is 5.41 Å². The van der Waals surface area contributed by atoms with Gasteiger partial charge in [0.1, 0.15) is 0 Å². The van der Waals surface area contributed by atoms with E-state index < -0.39 is 0 Å². The highest BCUT2D eigenvalue weighted by Crippen LogP contribution is 2.47. The lowest BCUT2D eigenvalue weighted by molar-refractivity contribution is -0.133. The summed E-state index contributed by atoms with van der Waals surface area (Å²) in [6.07, 6.45) is 5.19. The third-order valence-corrected chi connectivity index (χ3v) is 4.57. The largest absolute Gasteiger partial charge is 0.392 e. The van der Waals surface area contributed by atoms with E-state index in [0.29, 0.717) is 24.1 Å². The molecule has 0 radical (unpaired) electrons. The average Bonchev–Trinajstić information content (AvgIpc) is 2.86. The predicted molar refractivity (Wildman–Crippen MR) is 75.0 cm³/mol. The van der Waals surface area contributed by atoms with Crippen molar-refractivity contribution in [3.8, 4) is 0 Å². The van der Waals surface area contributed by atoms with Crippen LogP contribution in [0.15, 0.2) is 24.3 Å². The number of imide groups is 1. The van der Waals surface area contributed by atoms with Crippen molar-refractivity contribution >= 4 is 17.5 Å². The molecule has 20 heavy (non-hydrogen) atoms. The van der Waals surface area contributed by atoms with Crippen LogP contribution in [0.2, 0.25) is 0 Å². The Balaban J connectivity index is 1.87. The molecule has 106 valence electrons. The molecule has 2 aliphatic rings. The Morgan fingerprint density at radius 2 is 1.75 bits per heavy atom. The third kappa shape index (κ3) is 2.24. The Labute approximate surface area is 118 Å². The predicted octanol–water partition coefficient (Wildman–Crippen LogP) is 2.39. The second kappa shape index (κ2) is 5.02. The number of aliphatic hydroxyl groups excluding tert-OH is 1. The summed E-state index contributed by atoms with van der Waals surface area (Å²) in [5, 5.41) is 9.17. The lowest BCUT2D eigenvalue weighted by Gasteiger charge is -2.37. The molecule has 1 N–H and O–H groups in total. The van der Waals surface area contributed by atoms with Gasteiger partial charge in [0.25, 0.3) is 0 Å². The Kier molecular flexibility index (Phi) is 3.34. The van der Waals surface area contributed by atoms with E-state index in [1.54, 1.807) is 24.3 Å². The Morgan fingerprint density at radius 1 is 1.10 bits per heavy atom. The average molecular weight is 273 g/mol. The van der Waals surface area contributed by atoms with Gasteiger partial charge in [0.2, 0.25) is 11.8 Å². The molecule has 0 atom stereocenters. The smallest absolute Gasteiger partial charge is 0.234 e. The van der Waals surface area contributed by atoms with Crippen LogP contribution in [0.3, 0.4) is 0 Å². The minimum atomic E-state index is -0.0989. The summed E-state index contributed by atoms with van der Waals surface area (Å²) in [4.78, 5) is 26.1. The van der Waals surface area contributed by atoms with Crippen LogP contribution in [0.5, 0.6) is 0 Å². The number of piperidine rings is 1. The summed E-state index contributed by atoms with van der Waals surface area (Å²) in [5.74, 6) is -0.198. The van der Waals surface area contributed by atoms with Gasteiger partial charge in [-0.2, -0.15) is 0 Å². The number of carbonyl (C=O) groups excluding carboxylic acids is 2. The zero-order chi connectivity index (χ0) is 14.2. The topological polar surface area (TPSA) is 57.6 Å². The van der Waals surface area contributed by atoms with Crippen LogP contribution in [0.1, 0.15) is 44.1 Å². The van der Waals surface area contributed by atoms with Gasteiger partial charge in [0, 0.05) is 12.8 Å². The fourth-order valence-corrected chi connectivity index (χ4v) is 3.56. The second-order valence-corrected chi connectivity index (χ2v) is 6.01.